The molecule has 0 amide bonds. The Labute approximate surface area is 87.4 Å². The molecule has 2 atom stereocenters. The predicted molar refractivity (Wildman–Crippen MR) is 57.9 cm³/mol. The summed E-state index contributed by atoms with van der Waals surface area (Å²) >= 11 is 0. The summed E-state index contributed by atoms with van der Waals surface area (Å²) in [5, 5.41) is 3.54. The van der Waals surface area contributed by atoms with Gasteiger partial charge in [-0.15, -0.1) is 0 Å². The molecule has 1 radical (unpaired) electrons. The Bertz CT molecular complexity index is 126. The van der Waals surface area contributed by atoms with Gasteiger partial charge in [-0.2, -0.15) is 0 Å². The Kier molecular flexibility index (Phi) is 4.26. The standard InChI is InChI=1S/C12H22NO/c1-2-4-8-11(7-3-1)12-13-9-5-6-10-14-12/h1,11-13H,2-10H2. The van der Waals surface area contributed by atoms with E-state index in [0.29, 0.717) is 6.23 Å². The number of nitrogens with one attached hydrogen (secondary N) is 1. The van der Waals surface area contributed by atoms with E-state index in [0.717, 1.165) is 19.1 Å². The fourth-order valence-electron chi connectivity index (χ4n) is 2.49. The summed E-state index contributed by atoms with van der Waals surface area (Å²) in [6.07, 6.45) is 11.9. The second-order valence-corrected chi connectivity index (χ2v) is 4.51. The molecule has 1 saturated heterocycles. The third-order valence-corrected chi connectivity index (χ3v) is 3.37. The lowest BCUT2D eigenvalue weighted by Crippen LogP contribution is -2.37. The van der Waals surface area contributed by atoms with Gasteiger partial charge in [-0.3, -0.25) is 5.32 Å². The van der Waals surface area contributed by atoms with Crippen LogP contribution in [0.3, 0.4) is 0 Å². The molecule has 1 heterocycles. The van der Waals surface area contributed by atoms with Crippen LogP contribution in [0.4, 0.5) is 0 Å². The molecule has 0 aromatic carbocycles. The highest BCUT2D eigenvalue weighted by molar-refractivity contribution is 4.79. The van der Waals surface area contributed by atoms with E-state index in [1.54, 1.807) is 0 Å². The Morgan fingerprint density at radius 1 is 1.07 bits per heavy atom. The van der Waals surface area contributed by atoms with Gasteiger partial charge in [0.25, 0.3) is 0 Å². The van der Waals surface area contributed by atoms with Crippen molar-refractivity contribution in [1.82, 2.24) is 5.32 Å². The minimum Gasteiger partial charge on any atom is -0.363 e. The largest absolute Gasteiger partial charge is 0.363 e. The second kappa shape index (κ2) is 5.72. The third-order valence-electron chi connectivity index (χ3n) is 3.37. The maximum Gasteiger partial charge on any atom is 0.110 e. The molecule has 0 aromatic heterocycles. The first-order valence-corrected chi connectivity index (χ1v) is 6.13. The lowest BCUT2D eigenvalue weighted by molar-refractivity contribution is -0.00381. The van der Waals surface area contributed by atoms with E-state index in [-0.39, 0.29) is 0 Å². The van der Waals surface area contributed by atoms with Gasteiger partial charge in [-0.05, 0) is 51.0 Å². The first-order valence-electron chi connectivity index (χ1n) is 6.13. The summed E-state index contributed by atoms with van der Waals surface area (Å²) in [4.78, 5) is 0. The molecule has 0 bridgehead atoms. The molecule has 2 unspecified atom stereocenters. The second-order valence-electron chi connectivity index (χ2n) is 4.51. The maximum absolute atomic E-state index is 5.87. The molecule has 1 aliphatic heterocycles. The highest BCUT2D eigenvalue weighted by atomic mass is 16.5. The van der Waals surface area contributed by atoms with Crippen molar-refractivity contribution in [3.63, 3.8) is 0 Å². The first-order chi connectivity index (χ1) is 6.97. The lowest BCUT2D eigenvalue weighted by atomic mass is 9.98. The van der Waals surface area contributed by atoms with Gasteiger partial charge in [0, 0.05) is 6.61 Å². The lowest BCUT2D eigenvalue weighted by Gasteiger charge is -2.25. The Hall–Kier alpha value is -0.0800. The molecule has 0 aromatic rings. The van der Waals surface area contributed by atoms with Crippen molar-refractivity contribution >= 4 is 0 Å². The molecule has 2 rings (SSSR count). The zero-order valence-corrected chi connectivity index (χ0v) is 9.00. The predicted octanol–water partition coefficient (Wildman–Crippen LogP) is 2.50. The first kappa shape index (κ1) is 10.4. The zero-order chi connectivity index (χ0) is 9.64. The van der Waals surface area contributed by atoms with E-state index >= 15 is 0 Å². The van der Waals surface area contributed by atoms with Crippen molar-refractivity contribution in [3.8, 4) is 0 Å². The van der Waals surface area contributed by atoms with Crippen LogP contribution in [0, 0.1) is 12.3 Å². The molecule has 81 valence electrons. The topological polar surface area (TPSA) is 21.3 Å². The highest BCUT2D eigenvalue weighted by Crippen LogP contribution is 2.26. The van der Waals surface area contributed by atoms with Gasteiger partial charge in [0.15, 0.2) is 0 Å². The van der Waals surface area contributed by atoms with E-state index in [2.05, 4.69) is 11.7 Å². The monoisotopic (exact) mass is 196 g/mol. The van der Waals surface area contributed by atoms with Gasteiger partial charge in [-0.25, -0.2) is 0 Å². The average molecular weight is 196 g/mol. The Morgan fingerprint density at radius 2 is 2.07 bits per heavy atom. The number of ether oxygens (including phenoxy) is 1. The molecular weight excluding hydrogens is 174 g/mol. The maximum atomic E-state index is 5.87. The Morgan fingerprint density at radius 3 is 3.07 bits per heavy atom. The molecule has 1 N–H and O–H groups in total. The molecule has 1 aliphatic carbocycles. The van der Waals surface area contributed by atoms with Crippen LogP contribution in [0.15, 0.2) is 0 Å². The van der Waals surface area contributed by atoms with E-state index in [1.165, 1.54) is 44.9 Å². The fraction of sp³-hybridized carbons (Fsp3) is 0.917. The van der Waals surface area contributed by atoms with Gasteiger partial charge in [0.2, 0.25) is 0 Å². The van der Waals surface area contributed by atoms with Gasteiger partial charge >= 0.3 is 0 Å². The number of hydrogen-bond acceptors (Lipinski definition) is 2. The van der Waals surface area contributed by atoms with Crippen molar-refractivity contribution in [1.29, 1.82) is 0 Å². The normalized spacial score (nSPS) is 32.1. The van der Waals surface area contributed by atoms with Crippen molar-refractivity contribution in [2.45, 2.75) is 51.2 Å². The van der Waals surface area contributed by atoms with Crippen LogP contribution in [-0.2, 0) is 4.74 Å². The van der Waals surface area contributed by atoms with Gasteiger partial charge in [0.05, 0.1) is 0 Å². The van der Waals surface area contributed by atoms with Crippen LogP contribution in [0.1, 0.15) is 44.9 Å². The summed E-state index contributed by atoms with van der Waals surface area (Å²) in [6, 6.07) is 0. The number of rotatable bonds is 1. The molecular formula is C12H22NO. The highest BCUT2D eigenvalue weighted by Gasteiger charge is 2.23. The average Bonchev–Trinajstić information content (AvgIpc) is 2.62. The molecule has 2 heteroatoms. The van der Waals surface area contributed by atoms with Crippen molar-refractivity contribution in [3.05, 3.63) is 6.42 Å². The van der Waals surface area contributed by atoms with E-state index < -0.39 is 0 Å². The summed E-state index contributed by atoms with van der Waals surface area (Å²) in [7, 11) is 0. The summed E-state index contributed by atoms with van der Waals surface area (Å²) in [5.74, 6) is 0.756. The van der Waals surface area contributed by atoms with Gasteiger partial charge in [-0.1, -0.05) is 12.8 Å². The minimum atomic E-state index is 0.351. The van der Waals surface area contributed by atoms with Crippen LogP contribution in [-0.4, -0.2) is 19.4 Å². The summed E-state index contributed by atoms with van der Waals surface area (Å²) in [6.45, 7) is 2.10. The minimum absolute atomic E-state index is 0.351. The zero-order valence-electron chi connectivity index (χ0n) is 9.00. The third kappa shape index (κ3) is 2.96. The number of hydrogen-bond donors (Lipinski definition) is 1. The fourth-order valence-corrected chi connectivity index (χ4v) is 2.49. The smallest absolute Gasteiger partial charge is 0.110 e. The molecule has 14 heavy (non-hydrogen) atoms. The Balaban J connectivity index is 1.83. The summed E-state index contributed by atoms with van der Waals surface area (Å²) in [5.41, 5.74) is 0. The van der Waals surface area contributed by atoms with Crippen LogP contribution in [0.2, 0.25) is 0 Å². The van der Waals surface area contributed by atoms with Crippen LogP contribution in [0.5, 0.6) is 0 Å². The molecule has 1 saturated carbocycles. The van der Waals surface area contributed by atoms with Gasteiger partial charge in [0.1, 0.15) is 6.23 Å². The molecule has 2 nitrogen and oxygen atoms in total. The quantitative estimate of drug-likeness (QED) is 0.651. The van der Waals surface area contributed by atoms with Crippen molar-refractivity contribution < 1.29 is 4.74 Å². The van der Waals surface area contributed by atoms with Gasteiger partial charge < -0.3 is 4.74 Å². The van der Waals surface area contributed by atoms with Crippen LogP contribution < -0.4 is 5.32 Å². The van der Waals surface area contributed by atoms with Crippen molar-refractivity contribution in [2.75, 3.05) is 13.2 Å². The van der Waals surface area contributed by atoms with E-state index in [1.807, 2.05) is 0 Å². The van der Waals surface area contributed by atoms with E-state index in [4.69, 9.17) is 4.74 Å². The summed E-state index contributed by atoms with van der Waals surface area (Å²) < 4.78 is 5.87. The molecule has 2 fully saturated rings. The molecule has 2 aliphatic rings. The molecule has 0 spiro atoms. The van der Waals surface area contributed by atoms with E-state index in [9.17, 15) is 0 Å². The van der Waals surface area contributed by atoms with Crippen molar-refractivity contribution in [2.24, 2.45) is 5.92 Å². The van der Waals surface area contributed by atoms with Crippen LogP contribution in [0.25, 0.3) is 0 Å². The SMILES string of the molecule is [CH]1CCCC(C2NCCCCO2)CC1. The van der Waals surface area contributed by atoms with Crippen LogP contribution >= 0.6 is 0 Å².